The normalized spacial score (nSPS) is 24.1. The number of nitrogens with zero attached hydrogens (tertiary/aromatic N) is 2. The molecule has 1 aliphatic rings. The molecule has 1 atom stereocenters. The molecule has 2 rings (SSSR count). The van der Waals surface area contributed by atoms with Gasteiger partial charge < -0.3 is 15.5 Å². The Balaban J connectivity index is 1.94. The number of rotatable bonds is 3. The van der Waals surface area contributed by atoms with E-state index in [4.69, 9.17) is 10.2 Å². The van der Waals surface area contributed by atoms with Crippen LogP contribution in [-0.2, 0) is 9.84 Å². The van der Waals surface area contributed by atoms with Crippen LogP contribution in [0.3, 0.4) is 0 Å². The Labute approximate surface area is 87.0 Å². The number of anilines is 2. The molecule has 1 aromatic rings. The summed E-state index contributed by atoms with van der Waals surface area (Å²) in [5.74, 6) is 0.269. The van der Waals surface area contributed by atoms with Crippen LogP contribution in [0.5, 0.6) is 0 Å². The number of sulfone groups is 1. The smallest absolute Gasteiger partial charge is 0.316 e. The van der Waals surface area contributed by atoms with Gasteiger partial charge in [0, 0.05) is 6.54 Å². The van der Waals surface area contributed by atoms with Gasteiger partial charge in [0.2, 0.25) is 0 Å². The lowest BCUT2D eigenvalue weighted by atomic mass is 10.2. The summed E-state index contributed by atoms with van der Waals surface area (Å²) in [5.41, 5.74) is 5.22. The van der Waals surface area contributed by atoms with E-state index in [1.54, 1.807) is 0 Å². The fourth-order valence-corrected chi connectivity index (χ4v) is 3.36. The van der Waals surface area contributed by atoms with Crippen LogP contribution >= 0.6 is 0 Å². The third-order valence-electron chi connectivity index (χ3n) is 2.38. The SMILES string of the molecule is Nc1nnc(NCC2CCCS2(=O)=O)o1. The molecule has 1 aliphatic heterocycles. The van der Waals surface area contributed by atoms with Crippen molar-refractivity contribution >= 4 is 21.9 Å². The lowest BCUT2D eigenvalue weighted by molar-refractivity contribution is 0.577. The average molecular weight is 232 g/mol. The highest BCUT2D eigenvalue weighted by atomic mass is 32.2. The molecule has 15 heavy (non-hydrogen) atoms. The zero-order valence-electron chi connectivity index (χ0n) is 8.01. The van der Waals surface area contributed by atoms with Crippen LogP contribution in [0.1, 0.15) is 12.8 Å². The minimum absolute atomic E-state index is 0.0354. The van der Waals surface area contributed by atoms with Crippen LogP contribution in [0.2, 0.25) is 0 Å². The molecule has 0 aliphatic carbocycles. The molecule has 0 saturated carbocycles. The van der Waals surface area contributed by atoms with E-state index in [1.165, 1.54) is 0 Å². The summed E-state index contributed by atoms with van der Waals surface area (Å²) in [6.45, 7) is 0.296. The molecule has 0 spiro atoms. The molecule has 3 N–H and O–H groups in total. The monoisotopic (exact) mass is 232 g/mol. The van der Waals surface area contributed by atoms with Gasteiger partial charge in [-0.1, -0.05) is 10.2 Å². The van der Waals surface area contributed by atoms with Gasteiger partial charge in [-0.05, 0) is 12.8 Å². The van der Waals surface area contributed by atoms with Gasteiger partial charge >= 0.3 is 12.0 Å². The fourth-order valence-electron chi connectivity index (χ4n) is 1.59. The Morgan fingerprint density at radius 2 is 2.33 bits per heavy atom. The molecule has 0 amide bonds. The first-order valence-corrected chi connectivity index (χ1v) is 6.34. The summed E-state index contributed by atoms with van der Waals surface area (Å²) in [5, 5.41) is 9.43. The highest BCUT2D eigenvalue weighted by Crippen LogP contribution is 2.20. The average Bonchev–Trinajstić information content (AvgIpc) is 2.69. The summed E-state index contributed by atoms with van der Waals surface area (Å²) in [4.78, 5) is 0. The summed E-state index contributed by atoms with van der Waals surface area (Å²) in [6, 6.07) is 0.126. The molecule has 0 aromatic carbocycles. The minimum Gasteiger partial charge on any atom is -0.390 e. The number of nitrogens with two attached hydrogens (primary N) is 1. The van der Waals surface area contributed by atoms with Crippen LogP contribution < -0.4 is 11.1 Å². The lowest BCUT2D eigenvalue weighted by Crippen LogP contribution is -2.25. The van der Waals surface area contributed by atoms with Gasteiger partial charge in [-0.2, -0.15) is 0 Å². The van der Waals surface area contributed by atoms with E-state index in [0.717, 1.165) is 6.42 Å². The second kappa shape index (κ2) is 3.69. The first-order chi connectivity index (χ1) is 7.08. The van der Waals surface area contributed by atoms with E-state index >= 15 is 0 Å². The Bertz CT molecular complexity index is 441. The van der Waals surface area contributed by atoms with Crippen LogP contribution in [0.4, 0.5) is 12.0 Å². The first-order valence-electron chi connectivity index (χ1n) is 4.62. The van der Waals surface area contributed by atoms with Gasteiger partial charge in [0.15, 0.2) is 9.84 Å². The van der Waals surface area contributed by atoms with Crippen molar-refractivity contribution in [1.29, 1.82) is 0 Å². The Morgan fingerprint density at radius 3 is 2.87 bits per heavy atom. The molecule has 84 valence electrons. The number of hydrogen-bond acceptors (Lipinski definition) is 7. The van der Waals surface area contributed by atoms with Gasteiger partial charge in [-0.15, -0.1) is 0 Å². The highest BCUT2D eigenvalue weighted by Gasteiger charge is 2.31. The van der Waals surface area contributed by atoms with Crippen molar-refractivity contribution in [2.75, 3.05) is 23.3 Å². The predicted molar refractivity (Wildman–Crippen MR) is 54.0 cm³/mol. The minimum atomic E-state index is -2.93. The van der Waals surface area contributed by atoms with E-state index in [2.05, 4.69) is 15.5 Å². The quantitative estimate of drug-likeness (QED) is 0.732. The Kier molecular flexibility index (Phi) is 2.51. The van der Waals surface area contributed by atoms with E-state index < -0.39 is 9.84 Å². The Hall–Kier alpha value is -1.31. The van der Waals surface area contributed by atoms with Crippen molar-refractivity contribution in [2.45, 2.75) is 18.1 Å². The van der Waals surface area contributed by atoms with E-state index in [1.807, 2.05) is 0 Å². The summed E-state index contributed by atoms with van der Waals surface area (Å²) < 4.78 is 27.8. The zero-order chi connectivity index (χ0) is 10.9. The van der Waals surface area contributed by atoms with Crippen molar-refractivity contribution in [3.8, 4) is 0 Å². The van der Waals surface area contributed by atoms with Gasteiger partial charge in [0.05, 0.1) is 11.0 Å². The third kappa shape index (κ3) is 2.20. The molecule has 0 radical (unpaired) electrons. The molecule has 2 heterocycles. The second-order valence-electron chi connectivity index (χ2n) is 3.46. The maximum atomic E-state index is 11.5. The standard InChI is InChI=1S/C7H12N4O3S/c8-6-10-11-7(14-6)9-4-5-2-1-3-15(5,12)13/h5H,1-4H2,(H2,8,10)(H,9,11). The van der Waals surface area contributed by atoms with Crippen molar-refractivity contribution in [3.05, 3.63) is 0 Å². The molecule has 1 unspecified atom stereocenters. The molecule has 7 nitrogen and oxygen atoms in total. The molecular formula is C7H12N4O3S. The second-order valence-corrected chi connectivity index (χ2v) is 5.86. The topological polar surface area (TPSA) is 111 Å². The van der Waals surface area contributed by atoms with Gasteiger partial charge in [0.1, 0.15) is 0 Å². The predicted octanol–water partition coefficient (Wildman–Crippen LogP) is -0.359. The molecular weight excluding hydrogens is 220 g/mol. The van der Waals surface area contributed by atoms with Crippen LogP contribution in [0.15, 0.2) is 4.42 Å². The maximum Gasteiger partial charge on any atom is 0.316 e. The maximum absolute atomic E-state index is 11.5. The third-order valence-corrected chi connectivity index (χ3v) is 4.66. The van der Waals surface area contributed by atoms with E-state index in [0.29, 0.717) is 13.0 Å². The highest BCUT2D eigenvalue weighted by molar-refractivity contribution is 7.92. The Morgan fingerprint density at radius 1 is 1.53 bits per heavy atom. The van der Waals surface area contributed by atoms with E-state index in [-0.39, 0.29) is 23.0 Å². The van der Waals surface area contributed by atoms with E-state index in [9.17, 15) is 8.42 Å². The summed E-state index contributed by atoms with van der Waals surface area (Å²) in [6.07, 6.45) is 1.40. The van der Waals surface area contributed by atoms with Crippen LogP contribution in [0, 0.1) is 0 Å². The number of aromatic nitrogens is 2. The van der Waals surface area contributed by atoms with Gasteiger partial charge in [-0.3, -0.25) is 0 Å². The largest absolute Gasteiger partial charge is 0.390 e. The fraction of sp³-hybridized carbons (Fsp3) is 0.714. The zero-order valence-corrected chi connectivity index (χ0v) is 8.83. The number of nitrogen functional groups attached to an aromatic ring is 1. The van der Waals surface area contributed by atoms with Crippen LogP contribution in [0.25, 0.3) is 0 Å². The van der Waals surface area contributed by atoms with Crippen molar-refractivity contribution in [3.63, 3.8) is 0 Å². The summed E-state index contributed by atoms with van der Waals surface area (Å²) >= 11 is 0. The molecule has 1 fully saturated rings. The molecule has 0 bridgehead atoms. The van der Waals surface area contributed by atoms with Crippen molar-refractivity contribution in [2.24, 2.45) is 0 Å². The molecule has 1 aromatic heterocycles. The van der Waals surface area contributed by atoms with Crippen molar-refractivity contribution < 1.29 is 12.8 Å². The van der Waals surface area contributed by atoms with Gasteiger partial charge in [0.25, 0.3) is 0 Å². The molecule has 8 heteroatoms. The first kappa shape index (κ1) is 10.2. The lowest BCUT2D eigenvalue weighted by Gasteiger charge is -2.08. The number of nitrogens with one attached hydrogen (secondary N) is 1. The van der Waals surface area contributed by atoms with Gasteiger partial charge in [-0.25, -0.2) is 8.42 Å². The number of hydrogen-bond donors (Lipinski definition) is 2. The van der Waals surface area contributed by atoms with Crippen LogP contribution in [-0.4, -0.2) is 36.2 Å². The molecule has 1 saturated heterocycles. The summed E-state index contributed by atoms with van der Waals surface area (Å²) in [7, 11) is -2.93. The van der Waals surface area contributed by atoms with Crippen molar-refractivity contribution in [1.82, 2.24) is 10.2 Å².